The lowest BCUT2D eigenvalue weighted by atomic mass is 10.1. The summed E-state index contributed by atoms with van der Waals surface area (Å²) in [5.74, 6) is 0.854. The van der Waals surface area contributed by atoms with E-state index in [1.165, 1.54) is 0 Å². The van der Waals surface area contributed by atoms with Crippen LogP contribution in [0.4, 0.5) is 5.82 Å². The Balaban J connectivity index is 1.40. The summed E-state index contributed by atoms with van der Waals surface area (Å²) in [6.07, 6.45) is 0. The van der Waals surface area contributed by atoms with Crippen LogP contribution in [0.2, 0.25) is 5.02 Å². The SMILES string of the molecule is O=C(c1cccc(Cl)c1)N1CCN(c2ccc(-c3ccccc3)nn2)CC1. The number of rotatable bonds is 3. The number of benzene rings is 2. The lowest BCUT2D eigenvalue weighted by Gasteiger charge is -2.35. The van der Waals surface area contributed by atoms with Crippen molar-refractivity contribution in [3.63, 3.8) is 0 Å². The van der Waals surface area contributed by atoms with E-state index >= 15 is 0 Å². The molecule has 0 aliphatic carbocycles. The van der Waals surface area contributed by atoms with E-state index in [9.17, 15) is 4.79 Å². The Hall–Kier alpha value is -2.92. The largest absolute Gasteiger partial charge is 0.352 e. The van der Waals surface area contributed by atoms with Gasteiger partial charge in [-0.1, -0.05) is 48.0 Å². The Morgan fingerprint density at radius 1 is 0.852 bits per heavy atom. The van der Waals surface area contributed by atoms with Crippen molar-refractivity contribution in [2.45, 2.75) is 0 Å². The predicted octanol–water partition coefficient (Wildman–Crippen LogP) is 3.76. The van der Waals surface area contributed by atoms with Gasteiger partial charge in [-0.05, 0) is 30.3 Å². The third-order valence-corrected chi connectivity index (χ3v) is 4.92. The molecule has 27 heavy (non-hydrogen) atoms. The highest BCUT2D eigenvalue weighted by molar-refractivity contribution is 6.30. The van der Waals surface area contributed by atoms with Crippen LogP contribution in [-0.2, 0) is 0 Å². The number of nitrogens with zero attached hydrogens (tertiary/aromatic N) is 4. The maximum absolute atomic E-state index is 12.6. The molecule has 0 atom stereocenters. The molecule has 5 nitrogen and oxygen atoms in total. The number of halogens is 1. The number of hydrogen-bond acceptors (Lipinski definition) is 4. The zero-order valence-electron chi connectivity index (χ0n) is 14.8. The smallest absolute Gasteiger partial charge is 0.254 e. The first-order chi connectivity index (χ1) is 13.2. The van der Waals surface area contributed by atoms with Crippen LogP contribution in [0, 0.1) is 0 Å². The zero-order valence-corrected chi connectivity index (χ0v) is 15.5. The van der Waals surface area contributed by atoms with Crippen molar-refractivity contribution in [2.24, 2.45) is 0 Å². The highest BCUT2D eigenvalue weighted by Gasteiger charge is 2.23. The Bertz CT molecular complexity index is 922. The second kappa shape index (κ2) is 7.76. The predicted molar refractivity (Wildman–Crippen MR) is 107 cm³/mol. The topological polar surface area (TPSA) is 49.3 Å². The van der Waals surface area contributed by atoms with E-state index < -0.39 is 0 Å². The van der Waals surface area contributed by atoms with Gasteiger partial charge >= 0.3 is 0 Å². The second-order valence-corrected chi connectivity index (χ2v) is 6.87. The van der Waals surface area contributed by atoms with Crippen LogP contribution in [0.1, 0.15) is 10.4 Å². The van der Waals surface area contributed by atoms with Crippen molar-refractivity contribution in [1.29, 1.82) is 0 Å². The van der Waals surface area contributed by atoms with E-state index in [2.05, 4.69) is 15.1 Å². The van der Waals surface area contributed by atoms with Gasteiger partial charge in [-0.15, -0.1) is 10.2 Å². The van der Waals surface area contributed by atoms with Gasteiger partial charge < -0.3 is 9.80 Å². The molecule has 1 aliphatic rings. The normalized spacial score (nSPS) is 14.3. The Morgan fingerprint density at radius 2 is 1.63 bits per heavy atom. The minimum absolute atomic E-state index is 0.0164. The third kappa shape index (κ3) is 3.93. The molecule has 1 aromatic heterocycles. The Labute approximate surface area is 163 Å². The number of hydrogen-bond donors (Lipinski definition) is 0. The molecule has 1 fully saturated rings. The fourth-order valence-corrected chi connectivity index (χ4v) is 3.39. The van der Waals surface area contributed by atoms with Crippen molar-refractivity contribution in [2.75, 3.05) is 31.1 Å². The Morgan fingerprint density at radius 3 is 2.30 bits per heavy atom. The first-order valence-corrected chi connectivity index (χ1v) is 9.27. The first kappa shape index (κ1) is 17.5. The average molecular weight is 379 g/mol. The lowest BCUT2D eigenvalue weighted by Crippen LogP contribution is -2.49. The van der Waals surface area contributed by atoms with Crippen LogP contribution in [0.3, 0.4) is 0 Å². The molecule has 3 aromatic rings. The molecule has 0 spiro atoms. The molecule has 136 valence electrons. The zero-order chi connectivity index (χ0) is 18.6. The standard InChI is InChI=1S/C21H19ClN4O/c22-18-8-4-7-17(15-18)21(27)26-13-11-25(12-14-26)20-10-9-19(23-24-20)16-5-2-1-3-6-16/h1-10,15H,11-14H2. The van der Waals surface area contributed by atoms with E-state index in [1.807, 2.05) is 47.4 Å². The maximum Gasteiger partial charge on any atom is 0.254 e. The van der Waals surface area contributed by atoms with Crippen molar-refractivity contribution >= 4 is 23.3 Å². The fourth-order valence-electron chi connectivity index (χ4n) is 3.20. The summed E-state index contributed by atoms with van der Waals surface area (Å²) in [4.78, 5) is 16.6. The van der Waals surface area contributed by atoms with Gasteiger partial charge in [0.15, 0.2) is 5.82 Å². The van der Waals surface area contributed by atoms with Crippen LogP contribution >= 0.6 is 11.6 Å². The molecule has 0 bridgehead atoms. The summed E-state index contributed by atoms with van der Waals surface area (Å²) < 4.78 is 0. The molecular formula is C21H19ClN4O. The highest BCUT2D eigenvalue weighted by Crippen LogP contribution is 2.20. The lowest BCUT2D eigenvalue weighted by molar-refractivity contribution is 0.0746. The molecule has 0 saturated carbocycles. The minimum atomic E-state index is 0.0164. The molecule has 1 amide bonds. The fraction of sp³-hybridized carbons (Fsp3) is 0.190. The van der Waals surface area contributed by atoms with Gasteiger partial charge in [0.05, 0.1) is 5.69 Å². The number of carbonyl (C=O) groups excluding carboxylic acids is 1. The van der Waals surface area contributed by atoms with Gasteiger partial charge in [0.1, 0.15) is 0 Å². The highest BCUT2D eigenvalue weighted by atomic mass is 35.5. The van der Waals surface area contributed by atoms with E-state index in [1.54, 1.807) is 24.3 Å². The molecule has 1 aliphatic heterocycles. The summed E-state index contributed by atoms with van der Waals surface area (Å²) in [5, 5.41) is 9.30. The van der Waals surface area contributed by atoms with Crippen LogP contribution in [0.15, 0.2) is 66.7 Å². The van der Waals surface area contributed by atoms with Crippen LogP contribution in [-0.4, -0.2) is 47.2 Å². The van der Waals surface area contributed by atoms with E-state index in [0.29, 0.717) is 23.7 Å². The van der Waals surface area contributed by atoms with Crippen molar-refractivity contribution in [1.82, 2.24) is 15.1 Å². The molecule has 6 heteroatoms. The molecule has 0 unspecified atom stereocenters. The number of aromatic nitrogens is 2. The maximum atomic E-state index is 12.6. The third-order valence-electron chi connectivity index (χ3n) is 4.68. The van der Waals surface area contributed by atoms with Crippen molar-refractivity contribution in [3.8, 4) is 11.3 Å². The van der Waals surface area contributed by atoms with Gasteiger partial charge in [-0.2, -0.15) is 0 Å². The van der Waals surface area contributed by atoms with Crippen LogP contribution in [0.5, 0.6) is 0 Å². The van der Waals surface area contributed by atoms with Gasteiger partial charge in [0.2, 0.25) is 0 Å². The summed E-state index contributed by atoms with van der Waals surface area (Å²) in [7, 11) is 0. The molecule has 4 rings (SSSR count). The average Bonchev–Trinajstić information content (AvgIpc) is 2.74. The summed E-state index contributed by atoms with van der Waals surface area (Å²) in [6, 6.07) is 21.1. The van der Waals surface area contributed by atoms with Gasteiger partial charge in [-0.25, -0.2) is 0 Å². The number of piperazine rings is 1. The Kier molecular flexibility index (Phi) is 5.03. The molecule has 0 N–H and O–H groups in total. The summed E-state index contributed by atoms with van der Waals surface area (Å²) in [6.45, 7) is 2.75. The number of amides is 1. The first-order valence-electron chi connectivity index (χ1n) is 8.90. The molecule has 2 heterocycles. The van der Waals surface area contributed by atoms with Gasteiger partial charge in [0.25, 0.3) is 5.91 Å². The van der Waals surface area contributed by atoms with Crippen molar-refractivity contribution < 1.29 is 4.79 Å². The van der Waals surface area contributed by atoms with Crippen molar-refractivity contribution in [3.05, 3.63) is 77.3 Å². The number of carbonyl (C=O) groups is 1. The second-order valence-electron chi connectivity index (χ2n) is 6.43. The van der Waals surface area contributed by atoms with Crippen LogP contribution in [0.25, 0.3) is 11.3 Å². The molecule has 2 aromatic carbocycles. The van der Waals surface area contributed by atoms with E-state index in [-0.39, 0.29) is 5.91 Å². The summed E-state index contributed by atoms with van der Waals surface area (Å²) in [5.41, 5.74) is 2.53. The van der Waals surface area contributed by atoms with Gasteiger partial charge in [-0.3, -0.25) is 4.79 Å². The monoisotopic (exact) mass is 378 g/mol. The van der Waals surface area contributed by atoms with E-state index in [4.69, 9.17) is 11.6 Å². The van der Waals surface area contributed by atoms with Crippen LogP contribution < -0.4 is 4.90 Å². The summed E-state index contributed by atoms with van der Waals surface area (Å²) >= 11 is 5.99. The molecular weight excluding hydrogens is 360 g/mol. The minimum Gasteiger partial charge on any atom is -0.352 e. The molecule has 1 saturated heterocycles. The van der Waals surface area contributed by atoms with E-state index in [0.717, 1.165) is 30.2 Å². The van der Waals surface area contributed by atoms with Gasteiger partial charge in [0, 0.05) is 42.3 Å². The molecule has 0 radical (unpaired) electrons. The quantitative estimate of drug-likeness (QED) is 0.696. The number of anilines is 1.